The maximum atomic E-state index is 10.6. The number of hydrogen-bond donors (Lipinski definition) is 1. The Hall–Kier alpha value is -1.35. The van der Waals surface area contributed by atoms with Crippen LogP contribution in [0.2, 0.25) is 0 Å². The van der Waals surface area contributed by atoms with E-state index in [-0.39, 0.29) is 6.42 Å². The molecule has 100 valence electrons. The van der Waals surface area contributed by atoms with Crippen molar-refractivity contribution in [1.82, 2.24) is 4.90 Å². The Morgan fingerprint density at radius 2 is 1.94 bits per heavy atom. The average Bonchev–Trinajstić information content (AvgIpc) is 2.38. The number of rotatable bonds is 8. The fourth-order valence-electron chi connectivity index (χ4n) is 2.35. The standard InChI is InChI=1S/C15H23NO2/c1-3-14(13-9-6-5-7-10-13)16(4-2)12-8-11-15(17)18/h5-7,9-10,14H,3-4,8,11-12H2,1-2H3,(H,17,18). The van der Waals surface area contributed by atoms with E-state index in [2.05, 4.69) is 43.0 Å². The molecule has 3 heteroatoms. The molecular formula is C15H23NO2. The number of carboxylic acid groups (broad SMARTS) is 1. The third-order valence-electron chi connectivity index (χ3n) is 3.25. The van der Waals surface area contributed by atoms with Crippen LogP contribution in [0.5, 0.6) is 0 Å². The van der Waals surface area contributed by atoms with Crippen molar-refractivity contribution in [2.75, 3.05) is 13.1 Å². The van der Waals surface area contributed by atoms with Gasteiger partial charge in [-0.05, 0) is 31.5 Å². The number of hydrogen-bond acceptors (Lipinski definition) is 2. The van der Waals surface area contributed by atoms with Crippen molar-refractivity contribution < 1.29 is 9.90 Å². The van der Waals surface area contributed by atoms with Gasteiger partial charge in [-0.1, -0.05) is 44.2 Å². The summed E-state index contributed by atoms with van der Waals surface area (Å²) in [5.41, 5.74) is 1.32. The minimum absolute atomic E-state index is 0.252. The molecule has 0 aliphatic carbocycles. The van der Waals surface area contributed by atoms with Gasteiger partial charge in [-0.25, -0.2) is 0 Å². The van der Waals surface area contributed by atoms with E-state index in [0.717, 1.165) is 19.5 Å². The summed E-state index contributed by atoms with van der Waals surface area (Å²) in [6.45, 7) is 6.10. The van der Waals surface area contributed by atoms with E-state index < -0.39 is 5.97 Å². The summed E-state index contributed by atoms with van der Waals surface area (Å²) in [5.74, 6) is -0.709. The Balaban J connectivity index is 2.63. The van der Waals surface area contributed by atoms with Crippen molar-refractivity contribution in [2.24, 2.45) is 0 Å². The first-order valence-corrected chi connectivity index (χ1v) is 6.69. The summed E-state index contributed by atoms with van der Waals surface area (Å²) in [4.78, 5) is 12.9. The van der Waals surface area contributed by atoms with Crippen molar-refractivity contribution in [3.05, 3.63) is 35.9 Å². The molecule has 1 aromatic rings. The zero-order valence-corrected chi connectivity index (χ0v) is 11.3. The Bertz CT molecular complexity index is 351. The number of benzene rings is 1. The summed E-state index contributed by atoms with van der Waals surface area (Å²) in [5, 5.41) is 8.69. The van der Waals surface area contributed by atoms with Gasteiger partial charge in [0.05, 0.1) is 0 Å². The van der Waals surface area contributed by atoms with Crippen molar-refractivity contribution in [3.63, 3.8) is 0 Å². The SMILES string of the molecule is CCC(c1ccccc1)N(CC)CCCC(=O)O. The van der Waals surface area contributed by atoms with Gasteiger partial charge in [0.15, 0.2) is 0 Å². The molecule has 1 rings (SSSR count). The van der Waals surface area contributed by atoms with E-state index in [0.29, 0.717) is 12.5 Å². The fourth-order valence-corrected chi connectivity index (χ4v) is 2.35. The fraction of sp³-hybridized carbons (Fsp3) is 0.533. The highest BCUT2D eigenvalue weighted by atomic mass is 16.4. The van der Waals surface area contributed by atoms with Crippen LogP contribution in [-0.2, 0) is 4.79 Å². The molecule has 1 aromatic carbocycles. The van der Waals surface area contributed by atoms with Crippen LogP contribution in [0.3, 0.4) is 0 Å². The van der Waals surface area contributed by atoms with Gasteiger partial charge in [0.1, 0.15) is 0 Å². The van der Waals surface area contributed by atoms with E-state index in [1.54, 1.807) is 0 Å². The molecule has 18 heavy (non-hydrogen) atoms. The molecule has 1 atom stereocenters. The summed E-state index contributed by atoms with van der Waals surface area (Å²) in [6, 6.07) is 10.8. The molecule has 0 spiro atoms. The highest BCUT2D eigenvalue weighted by Crippen LogP contribution is 2.23. The van der Waals surface area contributed by atoms with Crippen molar-refractivity contribution in [3.8, 4) is 0 Å². The van der Waals surface area contributed by atoms with Gasteiger partial charge in [-0.15, -0.1) is 0 Å². The van der Waals surface area contributed by atoms with E-state index in [1.807, 2.05) is 6.07 Å². The number of carboxylic acids is 1. The second-order valence-corrected chi connectivity index (χ2v) is 4.46. The van der Waals surface area contributed by atoms with E-state index >= 15 is 0 Å². The summed E-state index contributed by atoms with van der Waals surface area (Å²) < 4.78 is 0. The van der Waals surface area contributed by atoms with E-state index in [4.69, 9.17) is 5.11 Å². The van der Waals surface area contributed by atoms with Crippen LogP contribution in [0.15, 0.2) is 30.3 Å². The van der Waals surface area contributed by atoms with Crippen LogP contribution in [0, 0.1) is 0 Å². The normalized spacial score (nSPS) is 12.6. The first-order chi connectivity index (χ1) is 8.69. The lowest BCUT2D eigenvalue weighted by Crippen LogP contribution is -2.29. The molecule has 0 saturated heterocycles. The van der Waals surface area contributed by atoms with Crippen molar-refractivity contribution >= 4 is 5.97 Å². The van der Waals surface area contributed by atoms with Crippen LogP contribution in [-0.4, -0.2) is 29.1 Å². The Morgan fingerprint density at radius 3 is 2.44 bits per heavy atom. The molecule has 0 amide bonds. The maximum absolute atomic E-state index is 10.6. The lowest BCUT2D eigenvalue weighted by molar-refractivity contribution is -0.137. The molecule has 0 bridgehead atoms. The van der Waals surface area contributed by atoms with Crippen LogP contribution in [0.4, 0.5) is 0 Å². The molecule has 0 fully saturated rings. The first-order valence-electron chi connectivity index (χ1n) is 6.69. The lowest BCUT2D eigenvalue weighted by atomic mass is 10.0. The quantitative estimate of drug-likeness (QED) is 0.768. The second kappa shape index (κ2) is 7.88. The topological polar surface area (TPSA) is 40.5 Å². The Kier molecular flexibility index (Phi) is 6.44. The van der Waals surface area contributed by atoms with Gasteiger partial charge in [0.2, 0.25) is 0 Å². The maximum Gasteiger partial charge on any atom is 0.303 e. The van der Waals surface area contributed by atoms with Gasteiger partial charge in [-0.3, -0.25) is 9.69 Å². The molecule has 0 heterocycles. The van der Waals surface area contributed by atoms with Crippen LogP contribution in [0.25, 0.3) is 0 Å². The number of carbonyl (C=O) groups is 1. The summed E-state index contributed by atoms with van der Waals surface area (Å²) >= 11 is 0. The van der Waals surface area contributed by atoms with E-state index in [1.165, 1.54) is 5.56 Å². The Morgan fingerprint density at radius 1 is 1.28 bits per heavy atom. The zero-order valence-electron chi connectivity index (χ0n) is 11.3. The third-order valence-corrected chi connectivity index (χ3v) is 3.25. The van der Waals surface area contributed by atoms with Crippen molar-refractivity contribution in [1.29, 1.82) is 0 Å². The first kappa shape index (κ1) is 14.7. The van der Waals surface area contributed by atoms with Gasteiger partial charge < -0.3 is 5.11 Å². The molecule has 0 aliphatic heterocycles. The minimum atomic E-state index is -0.709. The predicted molar refractivity (Wildman–Crippen MR) is 73.6 cm³/mol. The highest BCUT2D eigenvalue weighted by molar-refractivity contribution is 5.66. The van der Waals surface area contributed by atoms with Crippen LogP contribution >= 0.6 is 0 Å². The zero-order chi connectivity index (χ0) is 13.4. The van der Waals surface area contributed by atoms with Crippen LogP contribution < -0.4 is 0 Å². The van der Waals surface area contributed by atoms with Gasteiger partial charge >= 0.3 is 5.97 Å². The lowest BCUT2D eigenvalue weighted by Gasteiger charge is -2.30. The number of aliphatic carboxylic acids is 1. The van der Waals surface area contributed by atoms with Crippen molar-refractivity contribution in [2.45, 2.75) is 39.2 Å². The van der Waals surface area contributed by atoms with Gasteiger partial charge in [0, 0.05) is 12.5 Å². The predicted octanol–water partition coefficient (Wildman–Crippen LogP) is 3.32. The largest absolute Gasteiger partial charge is 0.481 e. The molecule has 0 radical (unpaired) electrons. The minimum Gasteiger partial charge on any atom is -0.481 e. The average molecular weight is 249 g/mol. The second-order valence-electron chi connectivity index (χ2n) is 4.46. The smallest absolute Gasteiger partial charge is 0.303 e. The monoisotopic (exact) mass is 249 g/mol. The molecule has 0 aromatic heterocycles. The Labute approximate surface area is 109 Å². The van der Waals surface area contributed by atoms with Crippen LogP contribution in [0.1, 0.15) is 44.7 Å². The highest BCUT2D eigenvalue weighted by Gasteiger charge is 2.16. The molecule has 1 unspecified atom stereocenters. The molecule has 1 N–H and O–H groups in total. The summed E-state index contributed by atoms with van der Waals surface area (Å²) in [6.07, 6.45) is 2.01. The molecule has 3 nitrogen and oxygen atoms in total. The van der Waals surface area contributed by atoms with Gasteiger partial charge in [0.25, 0.3) is 0 Å². The third kappa shape index (κ3) is 4.49. The number of nitrogens with zero attached hydrogens (tertiary/aromatic N) is 1. The molecule has 0 aliphatic rings. The molecular weight excluding hydrogens is 226 g/mol. The summed E-state index contributed by atoms with van der Waals surface area (Å²) in [7, 11) is 0. The van der Waals surface area contributed by atoms with E-state index in [9.17, 15) is 4.79 Å². The van der Waals surface area contributed by atoms with Gasteiger partial charge in [-0.2, -0.15) is 0 Å². The molecule has 0 saturated carbocycles.